The van der Waals surface area contributed by atoms with Gasteiger partial charge < -0.3 is 10.1 Å². The van der Waals surface area contributed by atoms with Crippen LogP contribution in [0.1, 0.15) is 11.1 Å². The smallest absolute Gasteiger partial charge is 0.213 e. The molecule has 0 fully saturated rings. The molecule has 0 saturated carbocycles. The van der Waals surface area contributed by atoms with Crippen molar-refractivity contribution in [2.75, 3.05) is 7.05 Å². The number of halogens is 1. The van der Waals surface area contributed by atoms with Crippen LogP contribution in [-0.4, -0.2) is 12.0 Å². The Hall–Kier alpha value is -1.39. The molecule has 1 aromatic heterocycles. The fourth-order valence-corrected chi connectivity index (χ4v) is 2.01. The Bertz CT molecular complexity index is 517. The van der Waals surface area contributed by atoms with E-state index < -0.39 is 0 Å². The molecule has 1 aromatic carbocycles. The highest BCUT2D eigenvalue weighted by Gasteiger charge is 2.01. The molecule has 0 spiro atoms. The normalized spacial score (nSPS) is 10.3. The maximum absolute atomic E-state index is 5.69. The van der Waals surface area contributed by atoms with Crippen molar-refractivity contribution in [3.8, 4) is 5.88 Å². The van der Waals surface area contributed by atoms with Crippen LogP contribution in [0.5, 0.6) is 5.88 Å². The van der Waals surface area contributed by atoms with E-state index in [0.717, 1.165) is 22.1 Å². The van der Waals surface area contributed by atoms with E-state index in [4.69, 9.17) is 4.74 Å². The zero-order valence-corrected chi connectivity index (χ0v) is 11.8. The van der Waals surface area contributed by atoms with Crippen molar-refractivity contribution in [3.05, 3.63) is 58.2 Å². The van der Waals surface area contributed by atoms with Crippen LogP contribution in [0.25, 0.3) is 0 Å². The average molecular weight is 307 g/mol. The largest absolute Gasteiger partial charge is 0.473 e. The third-order valence-corrected chi connectivity index (χ3v) is 3.29. The van der Waals surface area contributed by atoms with Crippen LogP contribution in [0.2, 0.25) is 0 Å². The minimum atomic E-state index is 0.511. The number of hydrogen-bond donors (Lipinski definition) is 1. The lowest BCUT2D eigenvalue weighted by atomic mass is 10.2. The first-order valence-corrected chi connectivity index (χ1v) is 6.54. The van der Waals surface area contributed by atoms with Crippen LogP contribution in [-0.2, 0) is 13.2 Å². The van der Waals surface area contributed by atoms with Crippen molar-refractivity contribution in [2.24, 2.45) is 0 Å². The summed E-state index contributed by atoms with van der Waals surface area (Å²) in [5.74, 6) is 0.651. The number of rotatable bonds is 5. The summed E-state index contributed by atoms with van der Waals surface area (Å²) in [4.78, 5) is 4.20. The summed E-state index contributed by atoms with van der Waals surface area (Å²) < 4.78 is 6.74. The van der Waals surface area contributed by atoms with Crippen LogP contribution in [0.15, 0.2) is 47.1 Å². The van der Waals surface area contributed by atoms with Gasteiger partial charge in [-0.25, -0.2) is 4.98 Å². The van der Waals surface area contributed by atoms with Gasteiger partial charge in [0.15, 0.2) is 0 Å². The standard InChI is InChI=1S/C14H15BrN2O/c1-16-9-11-6-7-17-14(8-11)18-10-12-4-2-3-5-13(12)15/h2-8,16H,9-10H2,1H3. The van der Waals surface area contributed by atoms with Crippen LogP contribution < -0.4 is 10.1 Å². The van der Waals surface area contributed by atoms with E-state index in [9.17, 15) is 0 Å². The highest BCUT2D eigenvalue weighted by Crippen LogP contribution is 2.18. The zero-order chi connectivity index (χ0) is 12.8. The number of nitrogens with zero attached hydrogens (tertiary/aromatic N) is 1. The molecule has 0 aliphatic heterocycles. The molecule has 0 radical (unpaired) electrons. The van der Waals surface area contributed by atoms with E-state index in [1.54, 1.807) is 6.20 Å². The van der Waals surface area contributed by atoms with Crippen molar-refractivity contribution in [2.45, 2.75) is 13.2 Å². The molecule has 0 unspecified atom stereocenters. The fraction of sp³-hybridized carbons (Fsp3) is 0.214. The first-order chi connectivity index (χ1) is 8.79. The van der Waals surface area contributed by atoms with E-state index in [0.29, 0.717) is 12.5 Å². The quantitative estimate of drug-likeness (QED) is 0.921. The third kappa shape index (κ3) is 3.55. The average Bonchev–Trinajstić information content (AvgIpc) is 2.39. The van der Waals surface area contributed by atoms with E-state index >= 15 is 0 Å². The molecule has 4 heteroatoms. The Morgan fingerprint density at radius 3 is 2.89 bits per heavy atom. The molecule has 94 valence electrons. The highest BCUT2D eigenvalue weighted by molar-refractivity contribution is 9.10. The first kappa shape index (κ1) is 13.1. The Balaban J connectivity index is 2.02. The maximum atomic E-state index is 5.69. The third-order valence-electron chi connectivity index (χ3n) is 2.51. The van der Waals surface area contributed by atoms with Gasteiger partial charge in [0.2, 0.25) is 5.88 Å². The summed E-state index contributed by atoms with van der Waals surface area (Å²) >= 11 is 3.50. The number of pyridine rings is 1. The number of ether oxygens (including phenoxy) is 1. The van der Waals surface area contributed by atoms with E-state index in [1.807, 2.05) is 43.4 Å². The second-order valence-corrected chi connectivity index (χ2v) is 4.77. The van der Waals surface area contributed by atoms with E-state index in [1.165, 1.54) is 0 Å². The van der Waals surface area contributed by atoms with Crippen molar-refractivity contribution in [3.63, 3.8) is 0 Å². The summed E-state index contributed by atoms with van der Waals surface area (Å²) in [6, 6.07) is 11.9. The maximum Gasteiger partial charge on any atom is 0.213 e. The summed E-state index contributed by atoms with van der Waals surface area (Å²) in [7, 11) is 1.92. The van der Waals surface area contributed by atoms with Crippen LogP contribution >= 0.6 is 15.9 Å². The summed E-state index contributed by atoms with van der Waals surface area (Å²) in [6.45, 7) is 1.32. The Labute approximate surface area is 115 Å². The molecule has 0 aliphatic carbocycles. The molecule has 2 aromatic rings. The number of benzene rings is 1. The SMILES string of the molecule is CNCc1ccnc(OCc2ccccc2Br)c1. The Kier molecular flexibility index (Phi) is 4.73. The van der Waals surface area contributed by atoms with Crippen molar-refractivity contribution in [1.29, 1.82) is 0 Å². The highest BCUT2D eigenvalue weighted by atomic mass is 79.9. The van der Waals surface area contributed by atoms with Crippen LogP contribution in [0, 0.1) is 0 Å². The molecule has 18 heavy (non-hydrogen) atoms. The molecule has 3 nitrogen and oxygen atoms in total. The molecular weight excluding hydrogens is 292 g/mol. The van der Waals surface area contributed by atoms with Gasteiger partial charge in [0.25, 0.3) is 0 Å². The zero-order valence-electron chi connectivity index (χ0n) is 10.2. The lowest BCUT2D eigenvalue weighted by molar-refractivity contribution is 0.293. The summed E-state index contributed by atoms with van der Waals surface area (Å²) in [5, 5.41) is 3.10. The molecule has 0 amide bonds. The number of hydrogen-bond acceptors (Lipinski definition) is 3. The second-order valence-electron chi connectivity index (χ2n) is 3.91. The van der Waals surface area contributed by atoms with Gasteiger partial charge in [-0.15, -0.1) is 0 Å². The molecule has 1 heterocycles. The molecule has 0 atom stereocenters. The second kappa shape index (κ2) is 6.52. The lowest BCUT2D eigenvalue weighted by Gasteiger charge is -2.08. The van der Waals surface area contributed by atoms with Gasteiger partial charge in [-0.1, -0.05) is 34.1 Å². The fourth-order valence-electron chi connectivity index (χ4n) is 1.61. The van der Waals surface area contributed by atoms with Gasteiger partial charge >= 0.3 is 0 Å². The summed E-state index contributed by atoms with van der Waals surface area (Å²) in [5.41, 5.74) is 2.27. The Morgan fingerprint density at radius 1 is 1.28 bits per heavy atom. The van der Waals surface area contributed by atoms with Gasteiger partial charge in [0.05, 0.1) is 0 Å². The first-order valence-electron chi connectivity index (χ1n) is 5.75. The molecule has 2 rings (SSSR count). The topological polar surface area (TPSA) is 34.2 Å². The van der Waals surface area contributed by atoms with Crippen molar-refractivity contribution in [1.82, 2.24) is 10.3 Å². The van der Waals surface area contributed by atoms with Gasteiger partial charge in [-0.3, -0.25) is 0 Å². The minimum Gasteiger partial charge on any atom is -0.473 e. The number of nitrogens with one attached hydrogen (secondary N) is 1. The molecule has 1 N–H and O–H groups in total. The monoisotopic (exact) mass is 306 g/mol. The molecule has 0 saturated heterocycles. The lowest BCUT2D eigenvalue weighted by Crippen LogP contribution is -2.05. The predicted molar refractivity (Wildman–Crippen MR) is 75.5 cm³/mol. The van der Waals surface area contributed by atoms with Gasteiger partial charge in [-0.05, 0) is 24.7 Å². The van der Waals surface area contributed by atoms with Crippen molar-refractivity contribution < 1.29 is 4.74 Å². The van der Waals surface area contributed by atoms with Gasteiger partial charge in [0, 0.05) is 28.8 Å². The molecule has 0 bridgehead atoms. The van der Waals surface area contributed by atoms with E-state index in [-0.39, 0.29) is 0 Å². The van der Waals surface area contributed by atoms with Crippen molar-refractivity contribution >= 4 is 15.9 Å². The van der Waals surface area contributed by atoms with Gasteiger partial charge in [-0.2, -0.15) is 0 Å². The summed E-state index contributed by atoms with van der Waals surface area (Å²) in [6.07, 6.45) is 1.77. The molecular formula is C14H15BrN2O. The van der Waals surface area contributed by atoms with Crippen LogP contribution in [0.3, 0.4) is 0 Å². The van der Waals surface area contributed by atoms with Gasteiger partial charge in [0.1, 0.15) is 6.61 Å². The molecule has 0 aliphatic rings. The Morgan fingerprint density at radius 2 is 2.11 bits per heavy atom. The van der Waals surface area contributed by atoms with E-state index in [2.05, 4.69) is 26.2 Å². The predicted octanol–water partition coefficient (Wildman–Crippen LogP) is 3.14. The minimum absolute atomic E-state index is 0.511. The number of aromatic nitrogens is 1. The van der Waals surface area contributed by atoms with Crippen LogP contribution in [0.4, 0.5) is 0 Å².